The third-order valence-electron chi connectivity index (χ3n) is 3.94. The van der Waals surface area contributed by atoms with Gasteiger partial charge in [-0.05, 0) is 29.8 Å². The number of nitrogens with zero attached hydrogens (tertiary/aromatic N) is 3. The largest absolute Gasteiger partial charge is 0.456 e. The average molecular weight is 344 g/mol. The van der Waals surface area contributed by atoms with Gasteiger partial charge in [-0.2, -0.15) is 10.2 Å². The van der Waals surface area contributed by atoms with Crippen LogP contribution < -0.4 is 0 Å². The third kappa shape index (κ3) is 3.39. The van der Waals surface area contributed by atoms with Crippen LogP contribution in [0.15, 0.2) is 79.1 Å². The van der Waals surface area contributed by atoms with E-state index in [-0.39, 0.29) is 6.61 Å². The van der Waals surface area contributed by atoms with Gasteiger partial charge >= 0.3 is 5.97 Å². The molecule has 0 bridgehead atoms. The second-order valence-corrected chi connectivity index (χ2v) is 5.73. The minimum Gasteiger partial charge on any atom is -0.456 e. The summed E-state index contributed by atoms with van der Waals surface area (Å²) in [5.41, 5.74) is 3.83. The molecule has 1 N–H and O–H groups in total. The molecule has 4 rings (SSSR count). The fraction of sp³-hybridized carbons (Fsp3) is 0.0500. The lowest BCUT2D eigenvalue weighted by Crippen LogP contribution is -2.05. The smallest absolute Gasteiger partial charge is 0.356 e. The third-order valence-corrected chi connectivity index (χ3v) is 3.94. The Morgan fingerprint density at radius 2 is 1.85 bits per heavy atom. The van der Waals surface area contributed by atoms with Crippen molar-refractivity contribution in [3.05, 3.63) is 90.4 Å². The molecule has 26 heavy (non-hydrogen) atoms. The molecule has 0 saturated carbocycles. The number of esters is 1. The molecule has 0 aliphatic carbocycles. The maximum Gasteiger partial charge on any atom is 0.356 e. The molecule has 4 aromatic rings. The minimum atomic E-state index is -0.434. The summed E-state index contributed by atoms with van der Waals surface area (Å²) in [6.45, 7) is 0.192. The van der Waals surface area contributed by atoms with Crippen LogP contribution in [0.2, 0.25) is 0 Å². The number of carbonyl (C=O) groups excluding carboxylic acids is 1. The summed E-state index contributed by atoms with van der Waals surface area (Å²) in [5.74, 6) is -0.434. The van der Waals surface area contributed by atoms with Crippen molar-refractivity contribution in [3.63, 3.8) is 0 Å². The molecule has 0 spiro atoms. The van der Waals surface area contributed by atoms with Gasteiger partial charge in [0, 0.05) is 18.0 Å². The number of hydrogen-bond acceptors (Lipinski definition) is 4. The highest BCUT2D eigenvalue weighted by atomic mass is 16.5. The van der Waals surface area contributed by atoms with Gasteiger partial charge in [0.1, 0.15) is 12.3 Å². The molecule has 0 saturated heterocycles. The second-order valence-electron chi connectivity index (χ2n) is 5.73. The Hall–Kier alpha value is -3.67. The number of aromatic amines is 1. The summed E-state index contributed by atoms with van der Waals surface area (Å²) in [5, 5.41) is 11.1. The van der Waals surface area contributed by atoms with Gasteiger partial charge in [0.25, 0.3) is 0 Å². The van der Waals surface area contributed by atoms with Crippen molar-refractivity contribution in [3.8, 4) is 16.9 Å². The molecule has 128 valence electrons. The Balaban J connectivity index is 1.39. The summed E-state index contributed by atoms with van der Waals surface area (Å²) in [6.07, 6.45) is 3.60. The highest BCUT2D eigenvalue weighted by Gasteiger charge is 2.12. The van der Waals surface area contributed by atoms with E-state index in [2.05, 4.69) is 15.3 Å². The van der Waals surface area contributed by atoms with Gasteiger partial charge in [-0.3, -0.25) is 5.10 Å². The van der Waals surface area contributed by atoms with E-state index in [9.17, 15) is 4.79 Å². The normalized spacial score (nSPS) is 10.6. The second kappa shape index (κ2) is 7.06. The van der Waals surface area contributed by atoms with E-state index in [1.165, 1.54) is 0 Å². The van der Waals surface area contributed by atoms with Crippen LogP contribution in [0.3, 0.4) is 0 Å². The first-order chi connectivity index (χ1) is 12.8. The fourth-order valence-corrected chi connectivity index (χ4v) is 2.58. The van der Waals surface area contributed by atoms with Gasteiger partial charge in [-0.1, -0.05) is 42.5 Å². The SMILES string of the molecule is O=C(OCc1ccc(-n2cccn2)cc1)c1cc(-c2ccccc2)n[nH]1. The minimum absolute atomic E-state index is 0.192. The first kappa shape index (κ1) is 15.8. The van der Waals surface area contributed by atoms with Crippen LogP contribution in [0.5, 0.6) is 0 Å². The molecule has 2 aromatic carbocycles. The quantitative estimate of drug-likeness (QED) is 0.561. The molecule has 0 aliphatic rings. The van der Waals surface area contributed by atoms with E-state index < -0.39 is 5.97 Å². The van der Waals surface area contributed by atoms with E-state index in [0.29, 0.717) is 11.4 Å². The number of H-pyrrole nitrogens is 1. The Bertz CT molecular complexity index is 990. The number of nitrogens with one attached hydrogen (secondary N) is 1. The lowest BCUT2D eigenvalue weighted by atomic mass is 10.1. The molecule has 0 radical (unpaired) electrons. The Kier molecular flexibility index (Phi) is 4.30. The van der Waals surface area contributed by atoms with Gasteiger partial charge in [0.2, 0.25) is 0 Å². The van der Waals surface area contributed by atoms with Gasteiger partial charge in [0.05, 0.1) is 11.4 Å². The lowest BCUT2D eigenvalue weighted by molar-refractivity contribution is 0.0465. The Labute approximate surface area is 150 Å². The van der Waals surface area contributed by atoms with E-state index >= 15 is 0 Å². The summed E-state index contributed by atoms with van der Waals surface area (Å²) < 4.78 is 7.13. The molecule has 0 atom stereocenters. The molecular formula is C20H16N4O2. The van der Waals surface area contributed by atoms with Crippen LogP contribution >= 0.6 is 0 Å². The topological polar surface area (TPSA) is 72.8 Å². The van der Waals surface area contributed by atoms with E-state index in [1.54, 1.807) is 16.9 Å². The van der Waals surface area contributed by atoms with Crippen LogP contribution in [-0.4, -0.2) is 25.9 Å². The van der Waals surface area contributed by atoms with Crippen LogP contribution in [0.1, 0.15) is 16.1 Å². The lowest BCUT2D eigenvalue weighted by Gasteiger charge is -2.05. The van der Waals surface area contributed by atoms with Crippen molar-refractivity contribution in [2.24, 2.45) is 0 Å². The monoisotopic (exact) mass is 344 g/mol. The summed E-state index contributed by atoms with van der Waals surface area (Å²) >= 11 is 0. The number of aromatic nitrogens is 4. The molecular weight excluding hydrogens is 328 g/mol. The molecule has 0 amide bonds. The number of ether oxygens (including phenoxy) is 1. The maximum absolute atomic E-state index is 12.2. The summed E-state index contributed by atoms with van der Waals surface area (Å²) in [7, 11) is 0. The van der Waals surface area contributed by atoms with Crippen LogP contribution in [0.4, 0.5) is 0 Å². The number of benzene rings is 2. The van der Waals surface area contributed by atoms with Crippen LogP contribution in [0, 0.1) is 0 Å². The summed E-state index contributed by atoms with van der Waals surface area (Å²) in [6, 6.07) is 20.9. The number of rotatable bonds is 5. The highest BCUT2D eigenvalue weighted by Crippen LogP contribution is 2.17. The molecule has 0 fully saturated rings. The fourth-order valence-electron chi connectivity index (χ4n) is 2.58. The zero-order valence-electron chi connectivity index (χ0n) is 13.9. The van der Waals surface area contributed by atoms with Gasteiger partial charge in [0.15, 0.2) is 0 Å². The van der Waals surface area contributed by atoms with E-state index in [4.69, 9.17) is 4.74 Å². The van der Waals surface area contributed by atoms with Gasteiger partial charge < -0.3 is 4.74 Å². The van der Waals surface area contributed by atoms with Crippen LogP contribution in [0.25, 0.3) is 16.9 Å². The summed E-state index contributed by atoms with van der Waals surface area (Å²) in [4.78, 5) is 12.2. The zero-order chi connectivity index (χ0) is 17.8. The van der Waals surface area contributed by atoms with Crippen molar-refractivity contribution in [1.29, 1.82) is 0 Å². The molecule has 6 heteroatoms. The van der Waals surface area contributed by atoms with Crippen molar-refractivity contribution in [2.75, 3.05) is 0 Å². The first-order valence-electron chi connectivity index (χ1n) is 8.16. The average Bonchev–Trinajstić information content (AvgIpc) is 3.39. The van der Waals surface area contributed by atoms with Gasteiger partial charge in [-0.25, -0.2) is 9.48 Å². The zero-order valence-corrected chi connectivity index (χ0v) is 13.9. The maximum atomic E-state index is 12.2. The molecule has 2 heterocycles. The van der Waals surface area contributed by atoms with Gasteiger partial charge in [-0.15, -0.1) is 0 Å². The van der Waals surface area contributed by atoms with Crippen molar-refractivity contribution in [2.45, 2.75) is 6.61 Å². The van der Waals surface area contributed by atoms with E-state index in [0.717, 1.165) is 16.8 Å². The van der Waals surface area contributed by atoms with Crippen LogP contribution in [-0.2, 0) is 11.3 Å². The van der Waals surface area contributed by atoms with Crippen molar-refractivity contribution in [1.82, 2.24) is 20.0 Å². The molecule has 6 nitrogen and oxygen atoms in total. The predicted octanol–water partition coefficient (Wildman–Crippen LogP) is 3.62. The number of hydrogen-bond donors (Lipinski definition) is 1. The predicted molar refractivity (Wildman–Crippen MR) is 96.7 cm³/mol. The van der Waals surface area contributed by atoms with Crippen molar-refractivity contribution >= 4 is 5.97 Å². The number of carbonyl (C=O) groups is 1. The van der Waals surface area contributed by atoms with E-state index in [1.807, 2.05) is 66.9 Å². The highest BCUT2D eigenvalue weighted by molar-refractivity contribution is 5.88. The first-order valence-corrected chi connectivity index (χ1v) is 8.16. The standard InChI is InChI=1S/C20H16N4O2/c25-20(19-13-18(22-23-19)16-5-2-1-3-6-16)26-14-15-7-9-17(10-8-15)24-12-4-11-21-24/h1-13H,14H2,(H,22,23). The Morgan fingerprint density at radius 1 is 1.04 bits per heavy atom. The van der Waals surface area contributed by atoms with Crippen molar-refractivity contribution < 1.29 is 9.53 Å². The molecule has 0 unspecified atom stereocenters. The molecule has 0 aliphatic heterocycles. The Morgan fingerprint density at radius 3 is 2.58 bits per heavy atom. The molecule has 2 aromatic heterocycles.